The van der Waals surface area contributed by atoms with Crippen LogP contribution in [-0.4, -0.2) is 45.2 Å². The van der Waals surface area contributed by atoms with Crippen LogP contribution in [0.5, 0.6) is 0 Å². The van der Waals surface area contributed by atoms with E-state index in [1.165, 1.54) is 36.0 Å². The van der Waals surface area contributed by atoms with Crippen molar-refractivity contribution in [2.24, 2.45) is 0 Å². The normalized spacial score (nSPS) is 15.9. The molecule has 0 aliphatic carbocycles. The zero-order valence-corrected chi connectivity index (χ0v) is 14.8. The first-order valence-corrected chi connectivity index (χ1v) is 9.46. The maximum absolute atomic E-state index is 12.9. The fourth-order valence-corrected chi connectivity index (χ4v) is 4.21. The molecule has 7 heteroatoms. The summed E-state index contributed by atoms with van der Waals surface area (Å²) in [6.07, 6.45) is 5.33. The molecule has 0 radical (unpaired) electrons. The molecule has 1 aliphatic rings. The number of hydrogen-bond acceptors (Lipinski definition) is 5. The Bertz CT molecular complexity index is 790. The van der Waals surface area contributed by atoms with E-state index >= 15 is 0 Å². The van der Waals surface area contributed by atoms with Gasteiger partial charge in [-0.1, -0.05) is 13.3 Å². The zero-order valence-electron chi connectivity index (χ0n) is 14.0. The molecule has 0 amide bonds. The second-order valence-corrected chi connectivity index (χ2v) is 7.13. The standard InChI is InChI=1S/C17H23N3O3S/c1-2-6-13-18-15-14(12(11-24-15)17(22)23)16(21)20(13)10-9-19-7-4-3-5-8-19/h11H,2-10H2,1H3,(H,22,23). The van der Waals surface area contributed by atoms with Crippen LogP contribution in [0, 0.1) is 0 Å². The Hall–Kier alpha value is -1.73. The summed E-state index contributed by atoms with van der Waals surface area (Å²) in [5.74, 6) is -0.295. The minimum absolute atomic E-state index is 0.0715. The fraction of sp³-hybridized carbons (Fsp3) is 0.588. The average Bonchev–Trinajstić information content (AvgIpc) is 3.00. The molecule has 0 bridgehead atoms. The van der Waals surface area contributed by atoms with Gasteiger partial charge in [-0.05, 0) is 32.4 Å². The van der Waals surface area contributed by atoms with Crippen molar-refractivity contribution in [2.75, 3.05) is 19.6 Å². The van der Waals surface area contributed by atoms with E-state index < -0.39 is 5.97 Å². The Morgan fingerprint density at radius 2 is 2.04 bits per heavy atom. The largest absolute Gasteiger partial charge is 0.478 e. The Morgan fingerprint density at radius 1 is 1.29 bits per heavy atom. The molecule has 0 aromatic carbocycles. The van der Waals surface area contributed by atoms with Crippen LogP contribution >= 0.6 is 11.3 Å². The van der Waals surface area contributed by atoms with Gasteiger partial charge in [0, 0.05) is 24.9 Å². The van der Waals surface area contributed by atoms with Crippen molar-refractivity contribution in [3.8, 4) is 0 Å². The van der Waals surface area contributed by atoms with Gasteiger partial charge in [-0.15, -0.1) is 11.3 Å². The molecule has 0 saturated carbocycles. The lowest BCUT2D eigenvalue weighted by molar-refractivity contribution is 0.0699. The smallest absolute Gasteiger partial charge is 0.337 e. The Morgan fingerprint density at radius 3 is 2.71 bits per heavy atom. The molecule has 6 nitrogen and oxygen atoms in total. The van der Waals surface area contributed by atoms with E-state index in [9.17, 15) is 14.7 Å². The van der Waals surface area contributed by atoms with Gasteiger partial charge in [0.15, 0.2) is 0 Å². The predicted octanol–water partition coefficient (Wildman–Crippen LogP) is 2.59. The van der Waals surface area contributed by atoms with Gasteiger partial charge < -0.3 is 10.0 Å². The lowest BCUT2D eigenvalue weighted by atomic mass is 10.1. The maximum atomic E-state index is 12.9. The van der Waals surface area contributed by atoms with E-state index in [4.69, 9.17) is 0 Å². The van der Waals surface area contributed by atoms with Crippen molar-refractivity contribution < 1.29 is 9.90 Å². The number of thiophene rings is 1. The van der Waals surface area contributed by atoms with Crippen LogP contribution in [-0.2, 0) is 13.0 Å². The minimum Gasteiger partial charge on any atom is -0.478 e. The number of nitrogens with zero attached hydrogens (tertiary/aromatic N) is 3. The molecule has 1 aliphatic heterocycles. The number of likely N-dealkylation sites (tertiary alicyclic amines) is 1. The van der Waals surface area contributed by atoms with Crippen molar-refractivity contribution in [3.63, 3.8) is 0 Å². The quantitative estimate of drug-likeness (QED) is 0.867. The molecule has 1 N–H and O–H groups in total. The van der Waals surface area contributed by atoms with E-state index in [0.29, 0.717) is 11.4 Å². The van der Waals surface area contributed by atoms with Crippen molar-refractivity contribution >= 4 is 27.5 Å². The third-order valence-corrected chi connectivity index (χ3v) is 5.44. The van der Waals surface area contributed by atoms with Crippen LogP contribution < -0.4 is 5.56 Å². The number of carboxylic acids is 1. The number of piperidine rings is 1. The van der Waals surface area contributed by atoms with Crippen molar-refractivity contribution in [2.45, 2.75) is 45.6 Å². The minimum atomic E-state index is -1.06. The van der Waals surface area contributed by atoms with Crippen molar-refractivity contribution in [1.29, 1.82) is 0 Å². The highest BCUT2D eigenvalue weighted by Gasteiger charge is 2.20. The van der Waals surface area contributed by atoms with Crippen molar-refractivity contribution in [1.82, 2.24) is 14.5 Å². The number of fused-ring (bicyclic) bond motifs is 1. The predicted molar refractivity (Wildman–Crippen MR) is 95.1 cm³/mol. The summed E-state index contributed by atoms with van der Waals surface area (Å²) in [6.45, 7) is 5.60. The fourth-order valence-electron chi connectivity index (χ4n) is 3.29. The monoisotopic (exact) mass is 349 g/mol. The number of aromatic carboxylic acids is 1. The van der Waals surface area contributed by atoms with Crippen LogP contribution in [0.1, 0.15) is 48.8 Å². The van der Waals surface area contributed by atoms with Gasteiger partial charge in [-0.3, -0.25) is 9.36 Å². The number of hydrogen-bond donors (Lipinski definition) is 1. The van der Waals surface area contributed by atoms with Crippen LogP contribution in [0.25, 0.3) is 10.2 Å². The Kier molecular flexibility index (Phi) is 5.30. The van der Waals surface area contributed by atoms with Crippen molar-refractivity contribution in [3.05, 3.63) is 27.1 Å². The molecule has 0 spiro atoms. The number of carbonyl (C=O) groups is 1. The van der Waals surface area contributed by atoms with E-state index in [2.05, 4.69) is 16.8 Å². The summed E-state index contributed by atoms with van der Waals surface area (Å²) in [6, 6.07) is 0. The summed E-state index contributed by atoms with van der Waals surface area (Å²) in [4.78, 5) is 31.8. The molecule has 24 heavy (non-hydrogen) atoms. The summed E-state index contributed by atoms with van der Waals surface area (Å²) >= 11 is 1.24. The lowest BCUT2D eigenvalue weighted by Crippen LogP contribution is -2.36. The third kappa shape index (κ3) is 3.37. The Balaban J connectivity index is 1.97. The van der Waals surface area contributed by atoms with E-state index in [1.54, 1.807) is 4.57 Å². The van der Waals surface area contributed by atoms with Crippen LogP contribution in [0.3, 0.4) is 0 Å². The van der Waals surface area contributed by atoms with E-state index in [1.807, 2.05) is 0 Å². The number of rotatable bonds is 6. The summed E-state index contributed by atoms with van der Waals surface area (Å²) in [5, 5.41) is 11.1. The molecule has 2 aromatic rings. The lowest BCUT2D eigenvalue weighted by Gasteiger charge is -2.27. The second-order valence-electron chi connectivity index (χ2n) is 6.27. The van der Waals surface area contributed by atoms with E-state index in [0.717, 1.165) is 38.3 Å². The van der Waals surface area contributed by atoms with Gasteiger partial charge in [0.05, 0.1) is 10.9 Å². The Labute approximate surface area is 144 Å². The number of carboxylic acid groups (broad SMARTS) is 1. The second kappa shape index (κ2) is 7.44. The SMILES string of the molecule is CCCc1nc2scc(C(=O)O)c2c(=O)n1CCN1CCCCC1. The van der Waals surface area contributed by atoms with Gasteiger partial charge >= 0.3 is 5.97 Å². The average molecular weight is 349 g/mol. The molecule has 0 atom stereocenters. The first-order chi connectivity index (χ1) is 11.6. The highest BCUT2D eigenvalue weighted by atomic mass is 32.1. The molecule has 1 fully saturated rings. The first-order valence-electron chi connectivity index (χ1n) is 8.58. The van der Waals surface area contributed by atoms with Gasteiger partial charge in [0.25, 0.3) is 5.56 Å². The van der Waals surface area contributed by atoms with Crippen LogP contribution in [0.15, 0.2) is 10.2 Å². The molecule has 1 saturated heterocycles. The molecular weight excluding hydrogens is 326 g/mol. The zero-order chi connectivity index (χ0) is 17.1. The number of aromatic nitrogens is 2. The van der Waals surface area contributed by atoms with Gasteiger partial charge in [0.1, 0.15) is 10.7 Å². The van der Waals surface area contributed by atoms with Crippen LogP contribution in [0.4, 0.5) is 0 Å². The van der Waals surface area contributed by atoms with E-state index in [-0.39, 0.29) is 16.5 Å². The topological polar surface area (TPSA) is 75.4 Å². The molecule has 2 aromatic heterocycles. The summed E-state index contributed by atoms with van der Waals surface area (Å²) in [7, 11) is 0. The maximum Gasteiger partial charge on any atom is 0.337 e. The summed E-state index contributed by atoms with van der Waals surface area (Å²) < 4.78 is 1.69. The molecule has 130 valence electrons. The summed E-state index contributed by atoms with van der Waals surface area (Å²) in [5.41, 5.74) is -0.138. The number of aryl methyl sites for hydroxylation is 1. The van der Waals surface area contributed by atoms with Gasteiger partial charge in [0.2, 0.25) is 0 Å². The molecule has 3 heterocycles. The van der Waals surface area contributed by atoms with Crippen LogP contribution in [0.2, 0.25) is 0 Å². The highest BCUT2D eigenvalue weighted by molar-refractivity contribution is 7.17. The molecular formula is C17H23N3O3S. The van der Waals surface area contributed by atoms with Gasteiger partial charge in [-0.25, -0.2) is 9.78 Å². The molecule has 0 unspecified atom stereocenters. The third-order valence-electron chi connectivity index (χ3n) is 4.57. The first kappa shape index (κ1) is 17.1. The van der Waals surface area contributed by atoms with Gasteiger partial charge in [-0.2, -0.15) is 0 Å². The highest BCUT2D eigenvalue weighted by Crippen LogP contribution is 2.22. The molecule has 3 rings (SSSR count).